The summed E-state index contributed by atoms with van der Waals surface area (Å²) < 4.78 is 0. The number of para-hydroxylation sites is 1. The van der Waals surface area contributed by atoms with Crippen molar-refractivity contribution in [3.63, 3.8) is 0 Å². The molecular formula is C20H21N5O. The summed E-state index contributed by atoms with van der Waals surface area (Å²) in [5.74, 6) is 0.708. The van der Waals surface area contributed by atoms with Crippen molar-refractivity contribution < 1.29 is 4.79 Å². The lowest BCUT2D eigenvalue weighted by atomic mass is 10.0. The second-order valence-corrected chi connectivity index (χ2v) is 6.16. The highest BCUT2D eigenvalue weighted by atomic mass is 16.1. The molecule has 0 saturated carbocycles. The van der Waals surface area contributed by atoms with Crippen molar-refractivity contribution in [3.05, 3.63) is 78.0 Å². The Hall–Kier alpha value is -3.28. The lowest BCUT2D eigenvalue weighted by Crippen LogP contribution is -2.24. The number of carbonyl (C=O) groups excluding carboxylic acids is 1. The number of rotatable bonds is 6. The minimum atomic E-state index is -0.280. The maximum absolute atomic E-state index is 12.2. The van der Waals surface area contributed by atoms with E-state index in [0.717, 1.165) is 11.4 Å². The van der Waals surface area contributed by atoms with E-state index < -0.39 is 0 Å². The number of hydrogen-bond acceptors (Lipinski definition) is 5. The maximum Gasteiger partial charge on any atom is 0.271 e. The molecule has 2 N–H and O–H groups in total. The van der Waals surface area contributed by atoms with Crippen LogP contribution in [-0.4, -0.2) is 20.9 Å². The Morgan fingerprint density at radius 2 is 1.81 bits per heavy atom. The molecule has 0 saturated heterocycles. The van der Waals surface area contributed by atoms with E-state index in [9.17, 15) is 4.79 Å². The number of pyridine rings is 1. The number of anilines is 2. The second-order valence-electron chi connectivity index (χ2n) is 6.16. The van der Waals surface area contributed by atoms with E-state index in [-0.39, 0.29) is 11.6 Å². The van der Waals surface area contributed by atoms with Crippen LogP contribution in [0, 0.1) is 0 Å². The monoisotopic (exact) mass is 347 g/mol. The smallest absolute Gasteiger partial charge is 0.271 e. The van der Waals surface area contributed by atoms with E-state index in [0.29, 0.717) is 18.3 Å². The maximum atomic E-state index is 12.2. The summed E-state index contributed by atoms with van der Waals surface area (Å²) in [6, 6.07) is 13.6. The average Bonchev–Trinajstić information content (AvgIpc) is 2.68. The second kappa shape index (κ2) is 8.20. The fraction of sp³-hybridized carbons (Fsp3) is 0.200. The van der Waals surface area contributed by atoms with Gasteiger partial charge in [-0.05, 0) is 29.7 Å². The molecule has 0 aliphatic rings. The third kappa shape index (κ3) is 4.42. The van der Waals surface area contributed by atoms with Gasteiger partial charge < -0.3 is 10.6 Å². The Morgan fingerprint density at radius 3 is 2.50 bits per heavy atom. The van der Waals surface area contributed by atoms with E-state index in [1.807, 2.05) is 36.4 Å². The van der Waals surface area contributed by atoms with Gasteiger partial charge in [0.1, 0.15) is 11.5 Å². The largest absolute Gasteiger partial charge is 0.345 e. The number of carbonyl (C=O) groups is 1. The Kier molecular flexibility index (Phi) is 5.53. The number of nitrogens with one attached hydrogen (secondary N) is 2. The minimum absolute atomic E-state index is 0.267. The molecule has 6 heteroatoms. The van der Waals surface area contributed by atoms with Gasteiger partial charge in [0.15, 0.2) is 0 Å². The molecule has 3 rings (SSSR count). The lowest BCUT2D eigenvalue weighted by molar-refractivity contribution is 0.0945. The molecule has 3 aromatic rings. The molecule has 2 aromatic heterocycles. The van der Waals surface area contributed by atoms with Crippen LogP contribution in [-0.2, 0) is 6.54 Å². The van der Waals surface area contributed by atoms with Crippen molar-refractivity contribution in [1.29, 1.82) is 0 Å². The zero-order valence-electron chi connectivity index (χ0n) is 14.8. The van der Waals surface area contributed by atoms with Gasteiger partial charge >= 0.3 is 0 Å². The quantitative estimate of drug-likeness (QED) is 0.711. The Morgan fingerprint density at radius 1 is 1.00 bits per heavy atom. The van der Waals surface area contributed by atoms with Crippen molar-refractivity contribution in [2.75, 3.05) is 5.32 Å². The summed E-state index contributed by atoms with van der Waals surface area (Å²) in [6.45, 7) is 4.63. The number of aromatic nitrogens is 3. The van der Waals surface area contributed by atoms with Gasteiger partial charge in [-0.1, -0.05) is 38.1 Å². The van der Waals surface area contributed by atoms with Gasteiger partial charge in [0.2, 0.25) is 0 Å². The lowest BCUT2D eigenvalue weighted by Gasteiger charge is -2.13. The average molecular weight is 347 g/mol. The molecule has 26 heavy (non-hydrogen) atoms. The van der Waals surface area contributed by atoms with Crippen LogP contribution in [0.1, 0.15) is 41.5 Å². The van der Waals surface area contributed by atoms with E-state index in [2.05, 4.69) is 45.5 Å². The molecular weight excluding hydrogens is 326 g/mol. The van der Waals surface area contributed by atoms with Gasteiger partial charge in [0, 0.05) is 11.9 Å². The Bertz CT molecular complexity index is 863. The Balaban J connectivity index is 1.64. The predicted molar refractivity (Wildman–Crippen MR) is 101 cm³/mol. The first-order chi connectivity index (χ1) is 12.6. The fourth-order valence-electron chi connectivity index (χ4n) is 2.53. The van der Waals surface area contributed by atoms with Crippen LogP contribution in [0.5, 0.6) is 0 Å². The zero-order chi connectivity index (χ0) is 18.4. The van der Waals surface area contributed by atoms with E-state index in [1.165, 1.54) is 11.8 Å². The third-order valence-electron chi connectivity index (χ3n) is 3.89. The molecule has 0 aliphatic carbocycles. The van der Waals surface area contributed by atoms with Crippen LogP contribution in [0.2, 0.25) is 0 Å². The third-order valence-corrected chi connectivity index (χ3v) is 3.89. The molecule has 0 radical (unpaired) electrons. The molecule has 6 nitrogen and oxygen atoms in total. The molecule has 0 aliphatic heterocycles. The topological polar surface area (TPSA) is 79.8 Å². The standard InChI is InChI=1S/C20H21N5O/c1-14(2)16-8-3-4-9-17(16)25-19-13-22-18(12-23-19)20(26)24-11-15-7-5-6-10-21-15/h3-10,12-14H,11H2,1-2H3,(H,23,25)(H,24,26). The highest BCUT2D eigenvalue weighted by molar-refractivity contribution is 5.92. The fourth-order valence-corrected chi connectivity index (χ4v) is 2.53. The van der Waals surface area contributed by atoms with Crippen molar-refractivity contribution in [2.24, 2.45) is 0 Å². The van der Waals surface area contributed by atoms with Gasteiger partial charge in [0.25, 0.3) is 5.91 Å². The predicted octanol–water partition coefficient (Wildman–Crippen LogP) is 3.67. The summed E-state index contributed by atoms with van der Waals surface area (Å²) >= 11 is 0. The van der Waals surface area contributed by atoms with Crippen molar-refractivity contribution in [2.45, 2.75) is 26.3 Å². The van der Waals surface area contributed by atoms with Gasteiger partial charge in [0.05, 0.1) is 24.6 Å². The van der Waals surface area contributed by atoms with Crippen molar-refractivity contribution >= 4 is 17.4 Å². The van der Waals surface area contributed by atoms with Crippen LogP contribution < -0.4 is 10.6 Å². The molecule has 1 aromatic carbocycles. The first kappa shape index (κ1) is 17.5. The van der Waals surface area contributed by atoms with Crippen molar-refractivity contribution in [3.8, 4) is 0 Å². The van der Waals surface area contributed by atoms with Gasteiger partial charge in [-0.3, -0.25) is 9.78 Å². The SMILES string of the molecule is CC(C)c1ccccc1Nc1cnc(C(=O)NCc2ccccn2)cn1. The molecule has 1 amide bonds. The van der Waals surface area contributed by atoms with Crippen molar-refractivity contribution in [1.82, 2.24) is 20.3 Å². The van der Waals surface area contributed by atoms with Crippen LogP contribution in [0.4, 0.5) is 11.5 Å². The number of nitrogens with zero attached hydrogens (tertiary/aromatic N) is 3. The first-order valence-electron chi connectivity index (χ1n) is 8.49. The summed E-state index contributed by atoms with van der Waals surface area (Å²) in [5.41, 5.74) is 3.25. The van der Waals surface area contributed by atoms with Gasteiger partial charge in [-0.15, -0.1) is 0 Å². The van der Waals surface area contributed by atoms with Gasteiger partial charge in [-0.2, -0.15) is 0 Å². The van der Waals surface area contributed by atoms with Crippen LogP contribution in [0.3, 0.4) is 0 Å². The van der Waals surface area contributed by atoms with Crippen LogP contribution in [0.15, 0.2) is 61.1 Å². The summed E-state index contributed by atoms with van der Waals surface area (Å²) in [7, 11) is 0. The van der Waals surface area contributed by atoms with Gasteiger partial charge in [-0.25, -0.2) is 9.97 Å². The number of hydrogen-bond donors (Lipinski definition) is 2. The summed E-state index contributed by atoms with van der Waals surface area (Å²) in [6.07, 6.45) is 4.72. The number of amides is 1. The van der Waals surface area contributed by atoms with E-state index in [4.69, 9.17) is 0 Å². The number of benzene rings is 1. The molecule has 0 unspecified atom stereocenters. The highest BCUT2D eigenvalue weighted by Crippen LogP contribution is 2.25. The zero-order valence-corrected chi connectivity index (χ0v) is 14.8. The summed E-state index contributed by atoms with van der Waals surface area (Å²) in [5, 5.41) is 6.05. The molecule has 132 valence electrons. The van der Waals surface area contributed by atoms with E-state index >= 15 is 0 Å². The molecule has 0 fully saturated rings. The highest BCUT2D eigenvalue weighted by Gasteiger charge is 2.10. The van der Waals surface area contributed by atoms with Crippen LogP contribution >= 0.6 is 0 Å². The normalized spacial score (nSPS) is 10.6. The molecule has 0 spiro atoms. The van der Waals surface area contributed by atoms with E-state index in [1.54, 1.807) is 12.4 Å². The van der Waals surface area contributed by atoms with Crippen LogP contribution in [0.25, 0.3) is 0 Å². The molecule has 0 atom stereocenters. The Labute approximate surface area is 152 Å². The molecule has 2 heterocycles. The molecule has 0 bridgehead atoms. The first-order valence-corrected chi connectivity index (χ1v) is 8.49. The minimum Gasteiger partial charge on any atom is -0.345 e. The summed E-state index contributed by atoms with van der Waals surface area (Å²) in [4.78, 5) is 24.8.